The van der Waals surface area contributed by atoms with E-state index in [-0.39, 0.29) is 24.0 Å². The molecule has 1 aromatic carbocycles. The highest BCUT2D eigenvalue weighted by Gasteiger charge is 2.07. The number of aromatic nitrogens is 1. The van der Waals surface area contributed by atoms with E-state index in [2.05, 4.69) is 58.4 Å². The summed E-state index contributed by atoms with van der Waals surface area (Å²) in [5.41, 5.74) is 3.81. The lowest BCUT2D eigenvalue weighted by molar-refractivity contribution is 0.821. The second kappa shape index (κ2) is 8.71. The summed E-state index contributed by atoms with van der Waals surface area (Å²) >= 11 is 0. The number of aryl methyl sites for hydroxylation is 1. The maximum absolute atomic E-state index is 4.17. The van der Waals surface area contributed by atoms with Gasteiger partial charge in [0.15, 0.2) is 5.96 Å². The highest BCUT2D eigenvalue weighted by molar-refractivity contribution is 14.0. The van der Waals surface area contributed by atoms with Crippen molar-refractivity contribution in [1.82, 2.24) is 15.6 Å². The van der Waals surface area contributed by atoms with E-state index in [0.29, 0.717) is 6.54 Å². The van der Waals surface area contributed by atoms with Crippen molar-refractivity contribution < 1.29 is 0 Å². The quantitative estimate of drug-likeness (QED) is 0.314. The molecule has 0 bridgehead atoms. The SMILES string of the molecule is C=CCNC(=NC)NCCc1c(C)[nH]c2ccccc12.I. The van der Waals surface area contributed by atoms with Gasteiger partial charge < -0.3 is 15.6 Å². The van der Waals surface area contributed by atoms with Crippen molar-refractivity contribution in [1.29, 1.82) is 0 Å². The van der Waals surface area contributed by atoms with Gasteiger partial charge in [0.2, 0.25) is 0 Å². The van der Waals surface area contributed by atoms with E-state index in [9.17, 15) is 0 Å². The van der Waals surface area contributed by atoms with Crippen LogP contribution < -0.4 is 10.6 Å². The molecule has 0 unspecified atom stereocenters. The van der Waals surface area contributed by atoms with E-state index in [1.165, 1.54) is 22.2 Å². The molecule has 1 heterocycles. The number of guanidine groups is 1. The van der Waals surface area contributed by atoms with Gasteiger partial charge in [-0.25, -0.2) is 0 Å². The zero-order valence-corrected chi connectivity index (χ0v) is 14.9. The van der Waals surface area contributed by atoms with Crippen LogP contribution in [0.15, 0.2) is 41.9 Å². The minimum atomic E-state index is 0. The molecule has 21 heavy (non-hydrogen) atoms. The summed E-state index contributed by atoms with van der Waals surface area (Å²) in [4.78, 5) is 7.59. The van der Waals surface area contributed by atoms with Gasteiger partial charge in [-0.05, 0) is 25.0 Å². The Morgan fingerprint density at radius 3 is 2.81 bits per heavy atom. The van der Waals surface area contributed by atoms with Gasteiger partial charge >= 0.3 is 0 Å². The van der Waals surface area contributed by atoms with Crippen LogP contribution in [0.25, 0.3) is 10.9 Å². The molecule has 2 aromatic rings. The Morgan fingerprint density at radius 1 is 1.33 bits per heavy atom. The van der Waals surface area contributed by atoms with Gasteiger partial charge in [-0.15, -0.1) is 30.6 Å². The van der Waals surface area contributed by atoms with Gasteiger partial charge in [-0.3, -0.25) is 4.99 Å². The van der Waals surface area contributed by atoms with Gasteiger partial charge in [0.05, 0.1) is 0 Å². The van der Waals surface area contributed by atoms with E-state index >= 15 is 0 Å². The Kier molecular flexibility index (Phi) is 7.28. The molecule has 114 valence electrons. The predicted molar refractivity (Wildman–Crippen MR) is 102 cm³/mol. The Labute approximate surface area is 143 Å². The first-order chi connectivity index (χ1) is 9.76. The maximum atomic E-state index is 4.17. The van der Waals surface area contributed by atoms with Gasteiger partial charge in [0, 0.05) is 36.7 Å². The standard InChI is InChI=1S/C16H22N4.HI/c1-4-10-18-16(17-3)19-11-9-13-12(2)20-15-8-6-5-7-14(13)15;/h4-8,20H,1,9-11H2,2-3H3,(H2,17,18,19);1H. The molecule has 3 N–H and O–H groups in total. The van der Waals surface area contributed by atoms with Gasteiger partial charge in [0.1, 0.15) is 0 Å². The maximum Gasteiger partial charge on any atom is 0.191 e. The molecular weight excluding hydrogens is 375 g/mol. The molecule has 5 heteroatoms. The Hall–Kier alpha value is -1.50. The number of aromatic amines is 1. The number of rotatable bonds is 5. The highest BCUT2D eigenvalue weighted by atomic mass is 127. The second-order valence-electron chi connectivity index (χ2n) is 4.69. The number of aliphatic imine (C=N–C) groups is 1. The van der Waals surface area contributed by atoms with E-state index < -0.39 is 0 Å². The van der Waals surface area contributed by atoms with Crippen molar-refractivity contribution in [2.24, 2.45) is 4.99 Å². The molecule has 1 aromatic heterocycles. The first-order valence-corrected chi connectivity index (χ1v) is 6.88. The number of hydrogen-bond donors (Lipinski definition) is 3. The molecule has 0 saturated carbocycles. The molecule has 0 saturated heterocycles. The molecule has 0 aliphatic rings. The van der Waals surface area contributed by atoms with E-state index in [1.54, 1.807) is 7.05 Å². The summed E-state index contributed by atoms with van der Waals surface area (Å²) in [5, 5.41) is 7.78. The number of benzene rings is 1. The summed E-state index contributed by atoms with van der Waals surface area (Å²) in [6.45, 7) is 7.37. The summed E-state index contributed by atoms with van der Waals surface area (Å²) in [5.74, 6) is 0.808. The normalized spacial score (nSPS) is 11.0. The third-order valence-corrected chi connectivity index (χ3v) is 3.33. The number of halogens is 1. The first-order valence-electron chi connectivity index (χ1n) is 6.88. The lowest BCUT2D eigenvalue weighted by atomic mass is 10.1. The van der Waals surface area contributed by atoms with Crippen molar-refractivity contribution in [2.45, 2.75) is 13.3 Å². The Morgan fingerprint density at radius 2 is 2.10 bits per heavy atom. The van der Waals surface area contributed by atoms with Gasteiger partial charge in [-0.1, -0.05) is 24.3 Å². The Balaban J connectivity index is 0.00000220. The van der Waals surface area contributed by atoms with Crippen LogP contribution in [0.1, 0.15) is 11.3 Å². The smallest absolute Gasteiger partial charge is 0.191 e. The first kappa shape index (κ1) is 17.6. The molecule has 0 radical (unpaired) electrons. The minimum Gasteiger partial charge on any atom is -0.358 e. The van der Waals surface area contributed by atoms with Crippen LogP contribution in [0.2, 0.25) is 0 Å². The molecular formula is C16H23IN4. The van der Waals surface area contributed by atoms with Crippen LogP contribution in [-0.2, 0) is 6.42 Å². The van der Waals surface area contributed by atoms with Gasteiger partial charge in [0.25, 0.3) is 0 Å². The zero-order valence-electron chi connectivity index (χ0n) is 12.6. The average Bonchev–Trinajstić information content (AvgIpc) is 2.78. The predicted octanol–water partition coefficient (Wildman–Crippen LogP) is 2.99. The van der Waals surface area contributed by atoms with E-state index in [0.717, 1.165) is 18.9 Å². The van der Waals surface area contributed by atoms with Crippen molar-refractivity contribution in [3.05, 3.63) is 48.2 Å². The fourth-order valence-electron chi connectivity index (χ4n) is 2.35. The third-order valence-electron chi connectivity index (χ3n) is 3.33. The topological polar surface area (TPSA) is 52.2 Å². The molecule has 0 atom stereocenters. The molecule has 4 nitrogen and oxygen atoms in total. The van der Waals surface area contributed by atoms with E-state index in [4.69, 9.17) is 0 Å². The number of hydrogen-bond acceptors (Lipinski definition) is 1. The number of H-pyrrole nitrogens is 1. The number of fused-ring (bicyclic) bond motifs is 1. The summed E-state index contributed by atoms with van der Waals surface area (Å²) in [6.07, 6.45) is 2.78. The third kappa shape index (κ3) is 4.49. The van der Waals surface area contributed by atoms with Crippen LogP contribution in [0.3, 0.4) is 0 Å². The second-order valence-corrected chi connectivity index (χ2v) is 4.69. The van der Waals surface area contributed by atoms with Crippen LogP contribution >= 0.6 is 24.0 Å². The largest absolute Gasteiger partial charge is 0.358 e. The lowest BCUT2D eigenvalue weighted by Crippen LogP contribution is -2.38. The molecule has 0 aliphatic heterocycles. The van der Waals surface area contributed by atoms with Crippen molar-refractivity contribution in [3.8, 4) is 0 Å². The molecule has 2 rings (SSSR count). The fourth-order valence-corrected chi connectivity index (χ4v) is 2.35. The minimum absolute atomic E-state index is 0. The summed E-state index contributed by atoms with van der Waals surface area (Å²) in [6, 6.07) is 8.42. The average molecular weight is 398 g/mol. The van der Waals surface area contributed by atoms with Crippen molar-refractivity contribution in [3.63, 3.8) is 0 Å². The van der Waals surface area contributed by atoms with Crippen molar-refractivity contribution in [2.75, 3.05) is 20.1 Å². The van der Waals surface area contributed by atoms with Crippen LogP contribution in [0.5, 0.6) is 0 Å². The monoisotopic (exact) mass is 398 g/mol. The number of nitrogens with one attached hydrogen (secondary N) is 3. The molecule has 0 fully saturated rings. The fraction of sp³-hybridized carbons (Fsp3) is 0.312. The van der Waals surface area contributed by atoms with Crippen LogP contribution in [0.4, 0.5) is 0 Å². The molecule has 0 spiro atoms. The number of nitrogens with zero attached hydrogens (tertiary/aromatic N) is 1. The summed E-state index contributed by atoms with van der Waals surface area (Å²) in [7, 11) is 1.77. The van der Waals surface area contributed by atoms with Crippen LogP contribution in [-0.4, -0.2) is 31.1 Å². The summed E-state index contributed by atoms with van der Waals surface area (Å²) < 4.78 is 0. The van der Waals surface area contributed by atoms with Crippen LogP contribution in [0, 0.1) is 6.92 Å². The molecule has 0 amide bonds. The van der Waals surface area contributed by atoms with Gasteiger partial charge in [-0.2, -0.15) is 0 Å². The molecule has 0 aliphatic carbocycles. The van der Waals surface area contributed by atoms with Crippen molar-refractivity contribution >= 4 is 40.8 Å². The number of para-hydroxylation sites is 1. The zero-order chi connectivity index (χ0) is 14.4. The van der Waals surface area contributed by atoms with E-state index in [1.807, 2.05) is 6.08 Å². The Bertz CT molecular complexity index is 616. The lowest BCUT2D eigenvalue weighted by Gasteiger charge is -2.10. The highest BCUT2D eigenvalue weighted by Crippen LogP contribution is 2.21.